The lowest BCUT2D eigenvalue weighted by Crippen LogP contribution is -2.16. The quantitative estimate of drug-likeness (QED) is 0.475. The van der Waals surface area contributed by atoms with Gasteiger partial charge in [-0.15, -0.1) is 0 Å². The lowest BCUT2D eigenvalue weighted by atomic mass is 10.1. The Morgan fingerprint density at radius 1 is 1.16 bits per heavy atom. The van der Waals surface area contributed by atoms with Gasteiger partial charge in [0.25, 0.3) is 5.88 Å². The normalized spacial score (nSPS) is 11.8. The number of rotatable bonds is 6. The molecular formula is C21H20F3N5O3. The topological polar surface area (TPSA) is 87.2 Å². The van der Waals surface area contributed by atoms with E-state index in [1.165, 1.54) is 24.1 Å². The summed E-state index contributed by atoms with van der Waals surface area (Å²) in [6.45, 7) is 2.92. The van der Waals surface area contributed by atoms with Gasteiger partial charge in [-0.2, -0.15) is 13.2 Å². The van der Waals surface area contributed by atoms with Gasteiger partial charge in [-0.05, 0) is 31.5 Å². The molecule has 4 aromatic heterocycles. The van der Waals surface area contributed by atoms with Gasteiger partial charge < -0.3 is 19.1 Å². The minimum absolute atomic E-state index is 0.148. The Hall–Kier alpha value is -3.76. The van der Waals surface area contributed by atoms with Crippen molar-refractivity contribution in [3.05, 3.63) is 42.6 Å². The number of imidazole rings is 1. The van der Waals surface area contributed by atoms with Crippen molar-refractivity contribution in [2.75, 3.05) is 13.7 Å². The highest BCUT2D eigenvalue weighted by Gasteiger charge is 2.28. The van der Waals surface area contributed by atoms with Gasteiger partial charge in [0.1, 0.15) is 6.54 Å². The summed E-state index contributed by atoms with van der Waals surface area (Å²) in [5.74, 6) is 0.820. The molecule has 0 aliphatic heterocycles. The van der Waals surface area contributed by atoms with Gasteiger partial charge in [-0.3, -0.25) is 4.57 Å². The second-order valence-corrected chi connectivity index (χ2v) is 7.09. The summed E-state index contributed by atoms with van der Waals surface area (Å²) >= 11 is 0. The summed E-state index contributed by atoms with van der Waals surface area (Å²) in [4.78, 5) is 12.9. The molecule has 0 amide bonds. The molecule has 11 heteroatoms. The lowest BCUT2D eigenvalue weighted by Gasteiger charge is -2.10. The van der Waals surface area contributed by atoms with Crippen molar-refractivity contribution in [3.8, 4) is 34.6 Å². The largest absolute Gasteiger partial charge is 0.494 e. The number of hydrogen-bond acceptors (Lipinski definition) is 6. The minimum atomic E-state index is -4.37. The lowest BCUT2D eigenvalue weighted by molar-refractivity contribution is -0.140. The zero-order chi connectivity index (χ0) is 23.0. The summed E-state index contributed by atoms with van der Waals surface area (Å²) in [6.07, 6.45) is 1.04. The van der Waals surface area contributed by atoms with Crippen LogP contribution in [0.25, 0.3) is 28.0 Å². The fraction of sp³-hybridized carbons (Fsp3) is 0.286. The predicted molar refractivity (Wildman–Crippen MR) is 110 cm³/mol. The number of aromatic nitrogens is 5. The van der Waals surface area contributed by atoms with E-state index in [0.717, 1.165) is 16.5 Å². The van der Waals surface area contributed by atoms with Crippen LogP contribution in [0.15, 0.2) is 37.1 Å². The van der Waals surface area contributed by atoms with Gasteiger partial charge in [0.15, 0.2) is 11.6 Å². The third-order valence-corrected chi connectivity index (χ3v) is 4.79. The Labute approximate surface area is 180 Å². The molecule has 4 rings (SSSR count). The molecule has 0 aliphatic rings. The standard InChI is InChI=1S/C21H20F3N5O3/c1-4-32-19-16(31-3)6-13(7-25-19)14-5-12(2)18-15(27-14)8-29(20(18)30)17-9-28(11-26-17)10-21(22,23)24/h5-9,11,30H,4,10H2,1-3H3. The zero-order valence-electron chi connectivity index (χ0n) is 17.5. The average molecular weight is 447 g/mol. The number of aryl methyl sites for hydroxylation is 1. The number of pyridine rings is 2. The summed E-state index contributed by atoms with van der Waals surface area (Å²) in [7, 11) is 1.52. The molecule has 4 aromatic rings. The van der Waals surface area contributed by atoms with Crippen molar-refractivity contribution in [3.63, 3.8) is 0 Å². The summed E-state index contributed by atoms with van der Waals surface area (Å²) in [5.41, 5.74) is 2.44. The minimum Gasteiger partial charge on any atom is -0.494 e. The van der Waals surface area contributed by atoms with E-state index in [4.69, 9.17) is 9.47 Å². The van der Waals surface area contributed by atoms with Crippen LogP contribution < -0.4 is 9.47 Å². The van der Waals surface area contributed by atoms with Crippen LogP contribution >= 0.6 is 0 Å². The molecule has 0 unspecified atom stereocenters. The number of halogens is 3. The highest BCUT2D eigenvalue weighted by molar-refractivity contribution is 5.90. The van der Waals surface area contributed by atoms with Crippen molar-refractivity contribution in [1.82, 2.24) is 24.1 Å². The third-order valence-electron chi connectivity index (χ3n) is 4.79. The number of methoxy groups -OCH3 is 1. The molecule has 0 fully saturated rings. The molecule has 0 spiro atoms. The number of aromatic hydroxyl groups is 1. The number of hydrogen-bond donors (Lipinski definition) is 1. The van der Waals surface area contributed by atoms with E-state index in [1.807, 2.05) is 6.92 Å². The Bertz CT molecular complexity index is 1280. The molecule has 1 N–H and O–H groups in total. The molecule has 8 nitrogen and oxygen atoms in total. The fourth-order valence-corrected chi connectivity index (χ4v) is 3.44. The first kappa shape index (κ1) is 21.5. The molecule has 0 saturated heterocycles. The van der Waals surface area contributed by atoms with Gasteiger partial charge in [0.2, 0.25) is 5.88 Å². The van der Waals surface area contributed by atoms with Crippen molar-refractivity contribution < 1.29 is 27.8 Å². The van der Waals surface area contributed by atoms with Crippen LogP contribution in [0.3, 0.4) is 0 Å². The number of nitrogens with zero attached hydrogens (tertiary/aromatic N) is 5. The molecule has 0 saturated carbocycles. The molecule has 0 aromatic carbocycles. The maximum Gasteiger partial charge on any atom is 0.406 e. The molecular weight excluding hydrogens is 427 g/mol. The van der Waals surface area contributed by atoms with Gasteiger partial charge in [-0.1, -0.05) is 0 Å². The highest BCUT2D eigenvalue weighted by Crippen LogP contribution is 2.35. The van der Waals surface area contributed by atoms with E-state index in [1.54, 1.807) is 25.3 Å². The second kappa shape index (κ2) is 8.06. The molecule has 0 aliphatic carbocycles. The molecule has 4 heterocycles. The van der Waals surface area contributed by atoms with Crippen LogP contribution in [0.4, 0.5) is 13.2 Å². The van der Waals surface area contributed by atoms with E-state index in [0.29, 0.717) is 40.4 Å². The monoisotopic (exact) mass is 447 g/mol. The third kappa shape index (κ3) is 4.05. The number of fused-ring (bicyclic) bond motifs is 1. The van der Waals surface area contributed by atoms with Crippen molar-refractivity contribution >= 4 is 10.9 Å². The van der Waals surface area contributed by atoms with Crippen LogP contribution in [0.1, 0.15) is 12.5 Å². The molecule has 0 bridgehead atoms. The maximum atomic E-state index is 12.6. The Balaban J connectivity index is 1.75. The van der Waals surface area contributed by atoms with Crippen molar-refractivity contribution in [2.24, 2.45) is 0 Å². The van der Waals surface area contributed by atoms with Gasteiger partial charge in [-0.25, -0.2) is 15.0 Å². The van der Waals surface area contributed by atoms with Gasteiger partial charge in [0.05, 0.1) is 36.6 Å². The van der Waals surface area contributed by atoms with E-state index in [9.17, 15) is 18.3 Å². The average Bonchev–Trinajstić information content (AvgIpc) is 3.31. The second-order valence-electron chi connectivity index (χ2n) is 7.09. The van der Waals surface area contributed by atoms with E-state index < -0.39 is 12.7 Å². The Kier molecular flexibility index (Phi) is 5.41. The van der Waals surface area contributed by atoms with E-state index >= 15 is 0 Å². The number of ether oxygens (including phenoxy) is 2. The molecule has 168 valence electrons. The predicted octanol–water partition coefficient (Wildman–Crippen LogP) is 4.27. The molecule has 32 heavy (non-hydrogen) atoms. The van der Waals surface area contributed by atoms with Crippen molar-refractivity contribution in [2.45, 2.75) is 26.6 Å². The Morgan fingerprint density at radius 2 is 1.94 bits per heavy atom. The van der Waals surface area contributed by atoms with Gasteiger partial charge >= 0.3 is 6.18 Å². The first-order valence-electron chi connectivity index (χ1n) is 9.68. The SMILES string of the molecule is CCOc1ncc(-c2cc(C)c3c(O)n(-c4cn(CC(F)(F)F)cn4)cc3n2)cc1OC. The molecule has 0 radical (unpaired) electrons. The van der Waals surface area contributed by atoms with Crippen LogP contribution in [0.5, 0.6) is 17.5 Å². The van der Waals surface area contributed by atoms with Crippen molar-refractivity contribution in [1.29, 1.82) is 0 Å². The van der Waals surface area contributed by atoms with Gasteiger partial charge in [0, 0.05) is 24.2 Å². The zero-order valence-corrected chi connectivity index (χ0v) is 17.5. The maximum absolute atomic E-state index is 12.6. The van der Waals surface area contributed by atoms with E-state index in [-0.39, 0.29) is 11.7 Å². The highest BCUT2D eigenvalue weighted by atomic mass is 19.4. The summed E-state index contributed by atoms with van der Waals surface area (Å²) in [5, 5.41) is 11.2. The Morgan fingerprint density at radius 3 is 2.62 bits per heavy atom. The van der Waals surface area contributed by atoms with Crippen LogP contribution in [-0.2, 0) is 6.54 Å². The molecule has 0 atom stereocenters. The first-order chi connectivity index (χ1) is 15.2. The van der Waals surface area contributed by atoms with Crippen LogP contribution in [0, 0.1) is 6.92 Å². The number of alkyl halides is 3. The van der Waals surface area contributed by atoms with E-state index in [2.05, 4.69) is 15.0 Å². The smallest absolute Gasteiger partial charge is 0.406 e. The summed E-state index contributed by atoms with van der Waals surface area (Å²) in [6, 6.07) is 3.53. The first-order valence-corrected chi connectivity index (χ1v) is 9.68. The summed E-state index contributed by atoms with van der Waals surface area (Å²) < 4.78 is 50.9. The van der Waals surface area contributed by atoms with Crippen LogP contribution in [0.2, 0.25) is 0 Å². The fourth-order valence-electron chi connectivity index (χ4n) is 3.44. The van der Waals surface area contributed by atoms with Crippen LogP contribution in [-0.4, -0.2) is 49.1 Å².